The zero-order chi connectivity index (χ0) is 49.9. The Labute approximate surface area is 421 Å². The minimum atomic E-state index is -4.61. The lowest BCUT2D eigenvalue weighted by atomic mass is 10.0. The summed E-state index contributed by atoms with van der Waals surface area (Å²) in [4.78, 5) is 25.4. The highest BCUT2D eigenvalue weighted by atomic mass is 31.2. The molecule has 0 rings (SSSR count). The summed E-state index contributed by atoms with van der Waals surface area (Å²) < 4.78 is 23.2. The zero-order valence-corrected chi connectivity index (χ0v) is 45.9. The number of phosphoric ester groups is 1. The third kappa shape index (κ3) is 51.8. The molecule has 0 aliphatic rings. The van der Waals surface area contributed by atoms with Gasteiger partial charge in [-0.25, -0.2) is 0 Å². The second-order valence-electron chi connectivity index (χ2n) is 20.3. The topological polar surface area (TPSA) is 108 Å². The van der Waals surface area contributed by atoms with E-state index in [2.05, 4.69) is 79.9 Å². The number of quaternary nitrogens is 1. The number of unbranched alkanes of at least 4 members (excludes halogenated alkanes) is 28. The summed E-state index contributed by atoms with van der Waals surface area (Å²) in [5, 5.41) is 13.8. The molecule has 0 heterocycles. The molecule has 0 aliphatic carbocycles. The highest BCUT2D eigenvalue weighted by molar-refractivity contribution is 7.45. The van der Waals surface area contributed by atoms with Crippen LogP contribution in [0.5, 0.6) is 0 Å². The SMILES string of the molecule is CCCCC/C=C/CC/C=C/CC/C=C/C(O)C(COP(=O)([O-])OCC[N+](C)(C)C)NC(=O)CCCCCCCCCCCCCCCCCCCC/C=C\C/C=C\C/C=C\CCCCCCC. The molecular formula is C59H109N2O6P. The van der Waals surface area contributed by atoms with E-state index >= 15 is 0 Å². The number of allylic oxidation sites excluding steroid dienone is 11. The van der Waals surface area contributed by atoms with Crippen molar-refractivity contribution < 1.29 is 32.9 Å². The first-order valence-corrected chi connectivity index (χ1v) is 29.8. The normalized spacial score (nSPS) is 14.5. The highest BCUT2D eigenvalue weighted by Crippen LogP contribution is 2.38. The van der Waals surface area contributed by atoms with Gasteiger partial charge in [0.15, 0.2) is 0 Å². The van der Waals surface area contributed by atoms with Crippen LogP contribution in [-0.4, -0.2) is 68.5 Å². The van der Waals surface area contributed by atoms with Gasteiger partial charge in [0, 0.05) is 6.42 Å². The van der Waals surface area contributed by atoms with E-state index in [1.807, 2.05) is 27.2 Å². The van der Waals surface area contributed by atoms with Crippen LogP contribution in [-0.2, 0) is 18.4 Å². The Morgan fingerprint density at radius 1 is 0.515 bits per heavy atom. The number of amides is 1. The Morgan fingerprint density at radius 2 is 0.868 bits per heavy atom. The average Bonchev–Trinajstić information content (AvgIpc) is 3.30. The highest BCUT2D eigenvalue weighted by Gasteiger charge is 2.23. The summed E-state index contributed by atoms with van der Waals surface area (Å²) >= 11 is 0. The predicted octanol–water partition coefficient (Wildman–Crippen LogP) is 16.5. The van der Waals surface area contributed by atoms with Gasteiger partial charge in [-0.15, -0.1) is 0 Å². The van der Waals surface area contributed by atoms with Crippen molar-refractivity contribution in [3.63, 3.8) is 0 Å². The Balaban J connectivity index is 4.06. The van der Waals surface area contributed by atoms with Gasteiger partial charge in [0.2, 0.25) is 5.91 Å². The molecule has 0 aromatic rings. The van der Waals surface area contributed by atoms with Gasteiger partial charge < -0.3 is 28.8 Å². The zero-order valence-electron chi connectivity index (χ0n) is 45.0. The van der Waals surface area contributed by atoms with Gasteiger partial charge in [-0.1, -0.05) is 228 Å². The number of hydrogen-bond donors (Lipinski definition) is 2. The lowest BCUT2D eigenvalue weighted by Crippen LogP contribution is -2.45. The first-order valence-electron chi connectivity index (χ1n) is 28.3. The van der Waals surface area contributed by atoms with E-state index < -0.39 is 26.6 Å². The van der Waals surface area contributed by atoms with Crippen LogP contribution in [0.25, 0.3) is 0 Å². The fourth-order valence-corrected chi connectivity index (χ4v) is 8.62. The summed E-state index contributed by atoms with van der Waals surface area (Å²) in [5.74, 6) is -0.212. The third-order valence-electron chi connectivity index (χ3n) is 12.4. The molecule has 3 unspecified atom stereocenters. The van der Waals surface area contributed by atoms with E-state index in [0.717, 1.165) is 64.2 Å². The minimum absolute atomic E-state index is 0.0106. The number of phosphoric acid groups is 1. The van der Waals surface area contributed by atoms with E-state index in [1.54, 1.807) is 6.08 Å². The Hall–Kier alpha value is -2.06. The van der Waals surface area contributed by atoms with Gasteiger partial charge in [-0.3, -0.25) is 9.36 Å². The van der Waals surface area contributed by atoms with Crippen molar-refractivity contribution in [1.82, 2.24) is 5.32 Å². The van der Waals surface area contributed by atoms with E-state index in [4.69, 9.17) is 9.05 Å². The number of carbonyl (C=O) groups excluding carboxylic acids is 1. The van der Waals surface area contributed by atoms with Gasteiger partial charge in [0.25, 0.3) is 7.82 Å². The van der Waals surface area contributed by atoms with Crippen LogP contribution in [0.3, 0.4) is 0 Å². The van der Waals surface area contributed by atoms with Crippen molar-refractivity contribution in [3.8, 4) is 0 Å². The molecule has 0 spiro atoms. The van der Waals surface area contributed by atoms with Crippen LogP contribution in [0.2, 0.25) is 0 Å². The maximum absolute atomic E-state index is 12.9. The summed E-state index contributed by atoms with van der Waals surface area (Å²) in [6, 6.07) is -0.911. The molecule has 0 fully saturated rings. The van der Waals surface area contributed by atoms with E-state index in [-0.39, 0.29) is 12.5 Å². The smallest absolute Gasteiger partial charge is 0.268 e. The van der Waals surface area contributed by atoms with Crippen LogP contribution in [0.15, 0.2) is 72.9 Å². The van der Waals surface area contributed by atoms with Gasteiger partial charge in [-0.2, -0.15) is 0 Å². The molecule has 0 radical (unpaired) electrons. The summed E-state index contributed by atoms with van der Waals surface area (Å²) in [6.45, 7) is 4.57. The fourth-order valence-electron chi connectivity index (χ4n) is 7.90. The maximum atomic E-state index is 12.9. The van der Waals surface area contributed by atoms with Crippen LogP contribution < -0.4 is 10.2 Å². The number of hydrogen-bond acceptors (Lipinski definition) is 6. The number of aliphatic hydroxyl groups excluding tert-OH is 1. The first-order chi connectivity index (χ1) is 33.0. The Bertz CT molecular complexity index is 1330. The molecule has 8 nitrogen and oxygen atoms in total. The predicted molar refractivity (Wildman–Crippen MR) is 293 cm³/mol. The summed E-state index contributed by atoms with van der Waals surface area (Å²) in [5.41, 5.74) is 0. The molecule has 3 atom stereocenters. The standard InChI is InChI=1S/C59H109N2O6P/c1-6-8-10-12-14-16-18-20-21-22-23-24-25-26-27-28-29-30-31-32-33-34-35-36-37-38-39-41-43-45-47-49-51-53-59(63)60-57(56-67-68(64,65)66-55-54-61(3,4)5)58(62)52-50-48-46-44-42-40-19-17-15-13-11-9-7-2/h15,17-18,20,22-23,25-26,42,44,50,52,57-58,62H,6-14,16,19,21,24,27-41,43,45-49,51,53-56H2,1-5H3,(H-,60,63,64,65)/b17-15+,20-18-,23-22-,26-25-,44-42+,52-50+. The van der Waals surface area contributed by atoms with Gasteiger partial charge in [0.05, 0.1) is 39.9 Å². The molecule has 9 heteroatoms. The number of carbonyl (C=O) groups is 1. The molecule has 2 N–H and O–H groups in total. The number of likely N-dealkylation sites (N-methyl/N-ethyl adjacent to an activating group) is 1. The lowest BCUT2D eigenvalue weighted by Gasteiger charge is -2.29. The molecule has 396 valence electrons. The van der Waals surface area contributed by atoms with Crippen LogP contribution >= 0.6 is 7.82 Å². The van der Waals surface area contributed by atoms with Gasteiger partial charge >= 0.3 is 0 Å². The van der Waals surface area contributed by atoms with Crippen LogP contribution in [0.1, 0.15) is 245 Å². The van der Waals surface area contributed by atoms with Crippen LogP contribution in [0.4, 0.5) is 0 Å². The molecule has 0 aliphatic heterocycles. The molecule has 0 aromatic carbocycles. The average molecular weight is 974 g/mol. The van der Waals surface area contributed by atoms with Crippen molar-refractivity contribution in [3.05, 3.63) is 72.9 Å². The fraction of sp³-hybridized carbons (Fsp3) is 0.780. The molecule has 0 aromatic heterocycles. The number of nitrogens with one attached hydrogen (secondary N) is 1. The monoisotopic (exact) mass is 973 g/mol. The van der Waals surface area contributed by atoms with Crippen LogP contribution in [0, 0.1) is 0 Å². The van der Waals surface area contributed by atoms with Crippen molar-refractivity contribution in [2.75, 3.05) is 40.9 Å². The number of rotatable bonds is 51. The first kappa shape index (κ1) is 65.9. The van der Waals surface area contributed by atoms with Crippen molar-refractivity contribution in [2.45, 2.75) is 257 Å². The molecule has 0 saturated carbocycles. The number of nitrogens with zero attached hydrogens (tertiary/aromatic N) is 1. The third-order valence-corrected chi connectivity index (χ3v) is 13.3. The quantitative estimate of drug-likeness (QED) is 0.0272. The molecule has 1 amide bonds. The molecule has 68 heavy (non-hydrogen) atoms. The number of aliphatic hydroxyl groups is 1. The Kier molecular flexibility index (Phi) is 48.4. The second kappa shape index (κ2) is 49.9. The van der Waals surface area contributed by atoms with Gasteiger partial charge in [0.1, 0.15) is 13.2 Å². The summed E-state index contributed by atoms with van der Waals surface area (Å²) in [6.07, 6.45) is 68.5. The van der Waals surface area contributed by atoms with Crippen molar-refractivity contribution >= 4 is 13.7 Å². The minimum Gasteiger partial charge on any atom is -0.756 e. The maximum Gasteiger partial charge on any atom is 0.268 e. The van der Waals surface area contributed by atoms with Crippen molar-refractivity contribution in [1.29, 1.82) is 0 Å². The molecule has 0 bridgehead atoms. The van der Waals surface area contributed by atoms with Crippen molar-refractivity contribution in [2.24, 2.45) is 0 Å². The van der Waals surface area contributed by atoms with E-state index in [0.29, 0.717) is 17.4 Å². The Morgan fingerprint density at radius 3 is 1.32 bits per heavy atom. The summed E-state index contributed by atoms with van der Waals surface area (Å²) in [7, 11) is 1.23. The second-order valence-corrected chi connectivity index (χ2v) is 21.7. The lowest BCUT2D eigenvalue weighted by molar-refractivity contribution is -0.870. The van der Waals surface area contributed by atoms with E-state index in [9.17, 15) is 19.4 Å². The largest absolute Gasteiger partial charge is 0.756 e. The molecule has 0 saturated heterocycles. The molecular weight excluding hydrogens is 864 g/mol. The van der Waals surface area contributed by atoms with Gasteiger partial charge in [-0.05, 0) is 83.5 Å². The van der Waals surface area contributed by atoms with E-state index in [1.165, 1.54) is 161 Å².